The molecule has 2 heterocycles. The zero-order chi connectivity index (χ0) is 15.6. The lowest BCUT2D eigenvalue weighted by Gasteiger charge is -2.33. The Hall–Kier alpha value is -0.940. The fourth-order valence-corrected chi connectivity index (χ4v) is 3.58. The van der Waals surface area contributed by atoms with Crippen molar-refractivity contribution >= 4 is 17.2 Å². The maximum atomic E-state index is 12.4. The van der Waals surface area contributed by atoms with Gasteiger partial charge in [0.15, 0.2) is 0 Å². The second kappa shape index (κ2) is 6.44. The molecule has 0 spiro atoms. The molecule has 1 unspecified atom stereocenters. The Labute approximate surface area is 131 Å². The summed E-state index contributed by atoms with van der Waals surface area (Å²) in [7, 11) is 0. The number of hydrogen-bond acceptors (Lipinski definition) is 4. The summed E-state index contributed by atoms with van der Waals surface area (Å²) >= 11 is 1.65. The molecule has 1 aromatic rings. The van der Waals surface area contributed by atoms with E-state index in [9.17, 15) is 4.79 Å². The van der Waals surface area contributed by atoms with Crippen LogP contribution in [0.15, 0.2) is 5.38 Å². The van der Waals surface area contributed by atoms with Crippen molar-refractivity contribution in [1.29, 1.82) is 0 Å². The number of nitrogens with zero attached hydrogens (tertiary/aromatic N) is 2. The fraction of sp³-hybridized carbons (Fsp3) is 0.750. The molecule has 1 fully saturated rings. The van der Waals surface area contributed by atoms with Crippen LogP contribution in [0.2, 0.25) is 0 Å². The van der Waals surface area contributed by atoms with Gasteiger partial charge in [-0.2, -0.15) is 0 Å². The maximum Gasteiger partial charge on any atom is 0.228 e. The normalized spacial score (nSPS) is 18.8. The number of amides is 1. The summed E-state index contributed by atoms with van der Waals surface area (Å²) < 4.78 is 0. The van der Waals surface area contributed by atoms with Crippen LogP contribution < -0.4 is 5.73 Å². The molecule has 0 bridgehead atoms. The zero-order valence-electron chi connectivity index (χ0n) is 13.6. The van der Waals surface area contributed by atoms with Crippen molar-refractivity contribution in [2.24, 2.45) is 11.7 Å². The van der Waals surface area contributed by atoms with Crippen molar-refractivity contribution < 1.29 is 4.79 Å². The van der Waals surface area contributed by atoms with Gasteiger partial charge in [0.05, 0.1) is 17.1 Å². The molecule has 2 N–H and O–H groups in total. The molecular formula is C16H27N3OS. The average Bonchev–Trinajstić information content (AvgIpc) is 2.87. The van der Waals surface area contributed by atoms with Gasteiger partial charge in [-0.25, -0.2) is 4.98 Å². The van der Waals surface area contributed by atoms with E-state index in [1.165, 1.54) is 0 Å². The molecule has 1 saturated heterocycles. The molecule has 0 saturated carbocycles. The highest BCUT2D eigenvalue weighted by Crippen LogP contribution is 2.26. The molecule has 1 aliphatic rings. The van der Waals surface area contributed by atoms with Gasteiger partial charge in [-0.15, -0.1) is 11.3 Å². The van der Waals surface area contributed by atoms with Gasteiger partial charge >= 0.3 is 0 Å². The van der Waals surface area contributed by atoms with Crippen molar-refractivity contribution in [2.45, 2.75) is 58.4 Å². The fourth-order valence-electron chi connectivity index (χ4n) is 2.67. The van der Waals surface area contributed by atoms with E-state index in [1.54, 1.807) is 11.3 Å². The van der Waals surface area contributed by atoms with Crippen LogP contribution in [0.3, 0.4) is 0 Å². The first-order valence-corrected chi connectivity index (χ1v) is 8.63. The van der Waals surface area contributed by atoms with E-state index in [0.29, 0.717) is 12.3 Å². The Bertz CT molecular complexity index is 482. The van der Waals surface area contributed by atoms with Crippen LogP contribution in [0.1, 0.15) is 51.2 Å². The number of thiazole rings is 1. The highest BCUT2D eigenvalue weighted by Gasteiger charge is 2.25. The lowest BCUT2D eigenvalue weighted by molar-refractivity contribution is -0.132. The molecule has 0 aliphatic carbocycles. The van der Waals surface area contributed by atoms with Crippen molar-refractivity contribution in [3.05, 3.63) is 16.1 Å². The first-order chi connectivity index (χ1) is 9.77. The Morgan fingerprint density at radius 2 is 2.10 bits per heavy atom. The molecule has 1 aliphatic heterocycles. The summed E-state index contributed by atoms with van der Waals surface area (Å²) in [6, 6.07) is 0.232. The maximum absolute atomic E-state index is 12.4. The molecule has 118 valence electrons. The second-order valence-electron chi connectivity index (χ2n) is 7.15. The molecule has 21 heavy (non-hydrogen) atoms. The number of carbonyl (C=O) groups excluding carboxylic acids is 1. The van der Waals surface area contributed by atoms with E-state index < -0.39 is 0 Å². The first-order valence-electron chi connectivity index (χ1n) is 7.75. The van der Waals surface area contributed by atoms with Gasteiger partial charge in [0.25, 0.3) is 0 Å². The monoisotopic (exact) mass is 309 g/mol. The standard InChI is InChI=1S/C16H27N3OS/c1-11(17)12-5-7-19(8-6-12)14(20)9-13-10-21-15(18-13)16(2,3)4/h10-12H,5-9,17H2,1-4H3. The zero-order valence-corrected chi connectivity index (χ0v) is 14.4. The Kier molecular flexibility index (Phi) is 5.04. The van der Waals surface area contributed by atoms with Gasteiger partial charge in [0, 0.05) is 29.9 Å². The van der Waals surface area contributed by atoms with Gasteiger partial charge < -0.3 is 10.6 Å². The van der Waals surface area contributed by atoms with Gasteiger partial charge in [-0.3, -0.25) is 4.79 Å². The van der Waals surface area contributed by atoms with Crippen molar-refractivity contribution in [3.63, 3.8) is 0 Å². The van der Waals surface area contributed by atoms with E-state index in [1.807, 2.05) is 10.3 Å². The van der Waals surface area contributed by atoms with Crippen molar-refractivity contribution in [2.75, 3.05) is 13.1 Å². The molecule has 5 heteroatoms. The summed E-state index contributed by atoms with van der Waals surface area (Å²) in [5.74, 6) is 0.754. The lowest BCUT2D eigenvalue weighted by Crippen LogP contribution is -2.43. The summed E-state index contributed by atoms with van der Waals surface area (Å²) in [4.78, 5) is 18.9. The minimum Gasteiger partial charge on any atom is -0.342 e. The van der Waals surface area contributed by atoms with Gasteiger partial charge in [-0.1, -0.05) is 20.8 Å². The number of hydrogen-bond donors (Lipinski definition) is 1. The van der Waals surface area contributed by atoms with E-state index >= 15 is 0 Å². The third kappa shape index (κ3) is 4.27. The first kappa shape index (κ1) is 16.4. The summed E-state index contributed by atoms with van der Waals surface area (Å²) in [5.41, 5.74) is 6.91. The highest BCUT2D eigenvalue weighted by molar-refractivity contribution is 7.09. The van der Waals surface area contributed by atoms with Crippen molar-refractivity contribution in [3.8, 4) is 0 Å². The Morgan fingerprint density at radius 1 is 1.48 bits per heavy atom. The van der Waals surface area contributed by atoms with Gasteiger partial charge in [-0.05, 0) is 25.7 Å². The predicted molar refractivity (Wildman–Crippen MR) is 87.5 cm³/mol. The quantitative estimate of drug-likeness (QED) is 0.933. The third-order valence-electron chi connectivity index (χ3n) is 4.16. The third-order valence-corrected chi connectivity index (χ3v) is 5.48. The SMILES string of the molecule is CC(N)C1CCN(C(=O)Cc2csc(C(C)(C)C)n2)CC1. The molecule has 1 amide bonds. The number of nitrogens with two attached hydrogens (primary N) is 1. The Balaban J connectivity index is 1.89. The average molecular weight is 309 g/mol. The van der Waals surface area contributed by atoms with Crippen LogP contribution in [0.4, 0.5) is 0 Å². The second-order valence-corrected chi connectivity index (χ2v) is 8.01. The van der Waals surface area contributed by atoms with Gasteiger partial charge in [0.1, 0.15) is 0 Å². The molecular weight excluding hydrogens is 282 g/mol. The van der Waals surface area contributed by atoms with Crippen molar-refractivity contribution in [1.82, 2.24) is 9.88 Å². The van der Waals surface area contributed by atoms with E-state index in [0.717, 1.165) is 36.6 Å². The molecule has 0 radical (unpaired) electrons. The molecule has 1 atom stereocenters. The number of aromatic nitrogens is 1. The van der Waals surface area contributed by atoms with Gasteiger partial charge in [0.2, 0.25) is 5.91 Å². The molecule has 2 rings (SSSR count). The molecule has 4 nitrogen and oxygen atoms in total. The summed E-state index contributed by atoms with van der Waals surface area (Å²) in [5, 5.41) is 3.12. The van der Waals surface area contributed by atoms with E-state index in [4.69, 9.17) is 5.73 Å². The number of rotatable bonds is 3. The minimum absolute atomic E-state index is 0.0571. The van der Waals surface area contributed by atoms with Crippen LogP contribution in [-0.2, 0) is 16.6 Å². The van der Waals surface area contributed by atoms with Crippen LogP contribution in [0.25, 0.3) is 0 Å². The summed E-state index contributed by atoms with van der Waals surface area (Å²) in [6.45, 7) is 10.2. The molecule has 0 aromatic carbocycles. The van der Waals surface area contributed by atoms with Crippen LogP contribution >= 0.6 is 11.3 Å². The predicted octanol–water partition coefficient (Wildman–Crippen LogP) is 2.57. The topological polar surface area (TPSA) is 59.2 Å². The van der Waals surface area contributed by atoms with Crippen LogP contribution in [0, 0.1) is 5.92 Å². The summed E-state index contributed by atoms with van der Waals surface area (Å²) in [6.07, 6.45) is 2.47. The number of likely N-dealkylation sites (tertiary alicyclic amines) is 1. The van der Waals surface area contributed by atoms with Crippen LogP contribution in [0.5, 0.6) is 0 Å². The number of piperidine rings is 1. The Morgan fingerprint density at radius 3 is 2.57 bits per heavy atom. The lowest BCUT2D eigenvalue weighted by atomic mass is 9.91. The minimum atomic E-state index is 0.0571. The number of carbonyl (C=O) groups is 1. The van der Waals surface area contributed by atoms with Crippen LogP contribution in [-0.4, -0.2) is 34.9 Å². The van der Waals surface area contributed by atoms with E-state index in [-0.39, 0.29) is 17.4 Å². The molecule has 1 aromatic heterocycles. The van der Waals surface area contributed by atoms with E-state index in [2.05, 4.69) is 32.7 Å². The highest BCUT2D eigenvalue weighted by atomic mass is 32.1. The smallest absolute Gasteiger partial charge is 0.228 e. The largest absolute Gasteiger partial charge is 0.342 e.